The van der Waals surface area contributed by atoms with Gasteiger partial charge in [0.15, 0.2) is 0 Å². The fraction of sp³-hybridized carbons (Fsp3) is 0.556. The average Bonchev–Trinajstić information content (AvgIpc) is 2.15. The highest BCUT2D eigenvalue weighted by atomic mass is 16.5. The van der Waals surface area contributed by atoms with E-state index in [0.29, 0.717) is 0 Å². The van der Waals surface area contributed by atoms with Gasteiger partial charge in [0.1, 0.15) is 11.8 Å². The topological polar surface area (TPSA) is 75.5 Å². The molecule has 0 radical (unpaired) electrons. The van der Waals surface area contributed by atoms with E-state index >= 15 is 0 Å². The van der Waals surface area contributed by atoms with E-state index in [2.05, 4.69) is 9.97 Å². The van der Waals surface area contributed by atoms with Crippen molar-refractivity contribution in [1.82, 2.24) is 9.97 Å². The van der Waals surface area contributed by atoms with Crippen LogP contribution in [0.2, 0.25) is 0 Å². The number of aliphatic hydroxyl groups is 2. The van der Waals surface area contributed by atoms with Gasteiger partial charge in [0.25, 0.3) is 0 Å². The van der Waals surface area contributed by atoms with Crippen LogP contribution in [0.15, 0.2) is 12.4 Å². The SMILES string of the molecule is COc1nccnc1C(O)C(C)(C)O. The maximum absolute atomic E-state index is 9.74. The molecule has 1 rings (SSSR count). The van der Waals surface area contributed by atoms with Gasteiger partial charge in [-0.1, -0.05) is 0 Å². The molecule has 5 nitrogen and oxygen atoms in total. The molecule has 78 valence electrons. The summed E-state index contributed by atoms with van der Waals surface area (Å²) < 4.78 is 4.92. The van der Waals surface area contributed by atoms with Gasteiger partial charge in [0, 0.05) is 12.4 Å². The third-order valence-electron chi connectivity index (χ3n) is 1.81. The van der Waals surface area contributed by atoms with Crippen molar-refractivity contribution in [2.45, 2.75) is 25.6 Å². The third-order valence-corrected chi connectivity index (χ3v) is 1.81. The van der Waals surface area contributed by atoms with Crippen LogP contribution in [0.25, 0.3) is 0 Å². The minimum Gasteiger partial charge on any atom is -0.480 e. The summed E-state index contributed by atoms with van der Waals surface area (Å²) in [6, 6.07) is 0. The van der Waals surface area contributed by atoms with Gasteiger partial charge in [-0.25, -0.2) is 4.98 Å². The zero-order valence-corrected chi connectivity index (χ0v) is 8.43. The van der Waals surface area contributed by atoms with Crippen LogP contribution >= 0.6 is 0 Å². The second-order valence-electron chi connectivity index (χ2n) is 3.51. The normalized spacial score (nSPS) is 13.8. The molecule has 0 spiro atoms. The van der Waals surface area contributed by atoms with E-state index in [0.717, 1.165) is 0 Å². The van der Waals surface area contributed by atoms with E-state index in [4.69, 9.17) is 4.74 Å². The summed E-state index contributed by atoms with van der Waals surface area (Å²) in [6.45, 7) is 2.98. The van der Waals surface area contributed by atoms with Crippen molar-refractivity contribution in [2.75, 3.05) is 7.11 Å². The number of methoxy groups -OCH3 is 1. The van der Waals surface area contributed by atoms with Crippen LogP contribution in [0, 0.1) is 0 Å². The predicted octanol–water partition coefficient (Wildman–Crippen LogP) is 0.289. The molecule has 1 heterocycles. The molecule has 0 fully saturated rings. The van der Waals surface area contributed by atoms with Gasteiger partial charge >= 0.3 is 0 Å². The minimum atomic E-state index is -1.27. The summed E-state index contributed by atoms with van der Waals surface area (Å²) in [5.41, 5.74) is -1.04. The molecule has 0 aromatic carbocycles. The van der Waals surface area contributed by atoms with Crippen molar-refractivity contribution < 1.29 is 14.9 Å². The summed E-state index contributed by atoms with van der Waals surface area (Å²) >= 11 is 0. The molecule has 2 N–H and O–H groups in total. The highest BCUT2D eigenvalue weighted by molar-refractivity contribution is 5.21. The van der Waals surface area contributed by atoms with Crippen LogP contribution in [0.5, 0.6) is 5.88 Å². The minimum absolute atomic E-state index is 0.224. The van der Waals surface area contributed by atoms with Crippen molar-refractivity contribution in [1.29, 1.82) is 0 Å². The number of rotatable bonds is 3. The van der Waals surface area contributed by atoms with E-state index in [-0.39, 0.29) is 11.6 Å². The summed E-state index contributed by atoms with van der Waals surface area (Å²) in [5, 5.41) is 19.3. The van der Waals surface area contributed by atoms with Gasteiger partial charge in [0.05, 0.1) is 12.7 Å². The van der Waals surface area contributed by atoms with Gasteiger partial charge in [-0.15, -0.1) is 0 Å². The lowest BCUT2D eigenvalue weighted by molar-refractivity contribution is -0.0530. The Morgan fingerprint density at radius 1 is 1.36 bits per heavy atom. The molecule has 0 aliphatic heterocycles. The van der Waals surface area contributed by atoms with Gasteiger partial charge in [-0.3, -0.25) is 4.98 Å². The first-order valence-electron chi connectivity index (χ1n) is 4.22. The first-order chi connectivity index (χ1) is 6.46. The largest absolute Gasteiger partial charge is 0.480 e. The lowest BCUT2D eigenvalue weighted by Crippen LogP contribution is -2.29. The van der Waals surface area contributed by atoms with E-state index in [1.54, 1.807) is 0 Å². The fourth-order valence-electron chi connectivity index (χ4n) is 1.02. The van der Waals surface area contributed by atoms with Crippen LogP contribution in [-0.2, 0) is 0 Å². The first kappa shape index (κ1) is 10.9. The molecule has 1 aromatic heterocycles. The summed E-state index contributed by atoms with van der Waals surface area (Å²) in [7, 11) is 1.44. The molecule has 1 atom stereocenters. The molecular weight excluding hydrogens is 184 g/mol. The van der Waals surface area contributed by atoms with Crippen LogP contribution in [-0.4, -0.2) is 32.9 Å². The average molecular weight is 198 g/mol. The lowest BCUT2D eigenvalue weighted by atomic mass is 9.99. The van der Waals surface area contributed by atoms with Gasteiger partial charge in [-0.2, -0.15) is 0 Å². The molecule has 0 bridgehead atoms. The van der Waals surface area contributed by atoms with Crippen molar-refractivity contribution in [2.24, 2.45) is 0 Å². The predicted molar refractivity (Wildman–Crippen MR) is 49.8 cm³/mol. The molecule has 0 saturated heterocycles. The second-order valence-corrected chi connectivity index (χ2v) is 3.51. The molecule has 0 saturated carbocycles. The Bertz CT molecular complexity index is 309. The highest BCUT2D eigenvalue weighted by Gasteiger charge is 2.30. The Labute approximate surface area is 82.4 Å². The maximum Gasteiger partial charge on any atom is 0.238 e. The lowest BCUT2D eigenvalue weighted by Gasteiger charge is -2.24. The second kappa shape index (κ2) is 3.89. The summed E-state index contributed by atoms with van der Waals surface area (Å²) in [6.07, 6.45) is 1.78. The first-order valence-corrected chi connectivity index (χ1v) is 4.22. The maximum atomic E-state index is 9.74. The number of aromatic nitrogens is 2. The molecule has 5 heteroatoms. The standard InChI is InChI=1S/C9H14N2O3/c1-9(2,13)7(12)6-8(14-3)11-5-4-10-6/h4-5,7,12-13H,1-3H3. The van der Waals surface area contributed by atoms with Gasteiger partial charge < -0.3 is 14.9 Å². The molecule has 14 heavy (non-hydrogen) atoms. The van der Waals surface area contributed by atoms with E-state index in [1.807, 2.05) is 0 Å². The van der Waals surface area contributed by atoms with Crippen LogP contribution < -0.4 is 4.74 Å². The molecule has 1 aromatic rings. The number of hydrogen-bond donors (Lipinski definition) is 2. The Hall–Kier alpha value is -1.20. The third kappa shape index (κ3) is 2.18. The van der Waals surface area contributed by atoms with Crippen molar-refractivity contribution in [3.63, 3.8) is 0 Å². The summed E-state index contributed by atoms with van der Waals surface area (Å²) in [5.74, 6) is 0.224. The molecule has 0 aliphatic rings. The zero-order chi connectivity index (χ0) is 10.8. The van der Waals surface area contributed by atoms with Gasteiger partial charge in [-0.05, 0) is 13.8 Å². The Morgan fingerprint density at radius 2 is 1.93 bits per heavy atom. The van der Waals surface area contributed by atoms with Crippen molar-refractivity contribution >= 4 is 0 Å². The molecule has 0 aliphatic carbocycles. The monoisotopic (exact) mass is 198 g/mol. The quantitative estimate of drug-likeness (QED) is 0.730. The molecular formula is C9H14N2O3. The van der Waals surface area contributed by atoms with Crippen LogP contribution in [0.3, 0.4) is 0 Å². The zero-order valence-electron chi connectivity index (χ0n) is 8.43. The number of hydrogen-bond acceptors (Lipinski definition) is 5. The van der Waals surface area contributed by atoms with Crippen molar-refractivity contribution in [3.8, 4) is 5.88 Å². The van der Waals surface area contributed by atoms with Crippen LogP contribution in [0.1, 0.15) is 25.6 Å². The Kier molecular flexibility index (Phi) is 3.03. The fourth-order valence-corrected chi connectivity index (χ4v) is 1.02. The highest BCUT2D eigenvalue weighted by Crippen LogP contribution is 2.28. The number of aliphatic hydroxyl groups excluding tert-OH is 1. The van der Waals surface area contributed by atoms with E-state index in [1.165, 1.54) is 33.4 Å². The number of ether oxygens (including phenoxy) is 1. The van der Waals surface area contributed by atoms with Crippen molar-refractivity contribution in [3.05, 3.63) is 18.1 Å². The van der Waals surface area contributed by atoms with E-state index in [9.17, 15) is 10.2 Å². The molecule has 1 unspecified atom stereocenters. The van der Waals surface area contributed by atoms with Gasteiger partial charge in [0.2, 0.25) is 5.88 Å². The van der Waals surface area contributed by atoms with Crippen LogP contribution in [0.4, 0.5) is 0 Å². The Morgan fingerprint density at radius 3 is 2.43 bits per heavy atom. The van der Waals surface area contributed by atoms with E-state index < -0.39 is 11.7 Å². The Balaban J connectivity index is 3.06. The number of nitrogens with zero attached hydrogens (tertiary/aromatic N) is 2. The summed E-state index contributed by atoms with van der Waals surface area (Å²) in [4.78, 5) is 7.79. The molecule has 0 amide bonds. The smallest absolute Gasteiger partial charge is 0.238 e.